The molecule has 3 rings (SSSR count). The predicted molar refractivity (Wildman–Crippen MR) is 116 cm³/mol. The molecule has 144 valence electrons. The van der Waals surface area contributed by atoms with Crippen molar-refractivity contribution in [2.75, 3.05) is 7.05 Å². The van der Waals surface area contributed by atoms with Crippen LogP contribution in [0.1, 0.15) is 33.3 Å². The molecule has 1 N–H and O–H groups in total. The van der Waals surface area contributed by atoms with Crippen LogP contribution in [0.4, 0.5) is 0 Å². The highest BCUT2D eigenvalue weighted by atomic mass is 79.9. The van der Waals surface area contributed by atoms with Crippen molar-refractivity contribution < 1.29 is 9.59 Å². The number of nitrogens with one attached hydrogen (secondary N) is 1. The van der Waals surface area contributed by atoms with Gasteiger partial charge in [-0.2, -0.15) is 0 Å². The van der Waals surface area contributed by atoms with Crippen molar-refractivity contribution in [1.29, 1.82) is 0 Å². The molecule has 0 bridgehead atoms. The first-order valence-corrected chi connectivity index (χ1v) is 10.5. The molecule has 0 aliphatic rings. The van der Waals surface area contributed by atoms with Gasteiger partial charge in [-0.25, -0.2) is 0 Å². The fraction of sp³-hybridized carbons (Fsp3) is 0.182. The number of hydrogen-bond acceptors (Lipinski definition) is 3. The lowest BCUT2D eigenvalue weighted by Gasteiger charge is -2.23. The molecule has 0 aliphatic heterocycles. The summed E-state index contributed by atoms with van der Waals surface area (Å²) >= 11 is 5.06. The molecule has 0 aliphatic carbocycles. The lowest BCUT2D eigenvalue weighted by atomic mass is 10.0. The summed E-state index contributed by atoms with van der Waals surface area (Å²) in [5, 5.41) is 3.01. The summed E-state index contributed by atoms with van der Waals surface area (Å²) in [6.45, 7) is 0.545. The van der Waals surface area contributed by atoms with Crippen molar-refractivity contribution >= 4 is 39.1 Å². The van der Waals surface area contributed by atoms with Gasteiger partial charge in [0, 0.05) is 17.5 Å². The van der Waals surface area contributed by atoms with Gasteiger partial charge >= 0.3 is 0 Å². The number of hydrogen-bond donors (Lipinski definition) is 1. The molecule has 0 spiro atoms. The SMILES string of the molecule is CN(Cc1ccc(Br)s1)C(=O)CC(NC(=O)c1ccccc1)c1ccccc1. The number of carbonyl (C=O) groups is 2. The van der Waals surface area contributed by atoms with Crippen LogP contribution in [0.2, 0.25) is 0 Å². The molecule has 0 saturated carbocycles. The second-order valence-corrected chi connectivity index (χ2v) is 9.01. The third kappa shape index (κ3) is 5.53. The first-order chi connectivity index (χ1) is 13.5. The monoisotopic (exact) mass is 456 g/mol. The number of nitrogens with zero attached hydrogens (tertiary/aromatic N) is 1. The molecule has 2 amide bonds. The second kappa shape index (κ2) is 9.66. The summed E-state index contributed by atoms with van der Waals surface area (Å²) < 4.78 is 1.04. The quantitative estimate of drug-likeness (QED) is 0.541. The van der Waals surface area contributed by atoms with Gasteiger partial charge in [0.15, 0.2) is 0 Å². The highest BCUT2D eigenvalue weighted by molar-refractivity contribution is 9.11. The lowest BCUT2D eigenvalue weighted by Crippen LogP contribution is -2.34. The number of amides is 2. The number of rotatable bonds is 7. The van der Waals surface area contributed by atoms with E-state index >= 15 is 0 Å². The summed E-state index contributed by atoms with van der Waals surface area (Å²) in [5.74, 6) is -0.209. The van der Waals surface area contributed by atoms with Crippen LogP contribution >= 0.6 is 27.3 Å². The Morgan fingerprint density at radius 1 is 1.00 bits per heavy atom. The van der Waals surface area contributed by atoms with E-state index in [2.05, 4.69) is 21.2 Å². The molecule has 0 radical (unpaired) electrons. The smallest absolute Gasteiger partial charge is 0.251 e. The van der Waals surface area contributed by atoms with Gasteiger partial charge < -0.3 is 10.2 Å². The van der Waals surface area contributed by atoms with Crippen LogP contribution in [0.15, 0.2) is 76.6 Å². The van der Waals surface area contributed by atoms with E-state index < -0.39 is 0 Å². The first-order valence-electron chi connectivity index (χ1n) is 8.92. The summed E-state index contributed by atoms with van der Waals surface area (Å²) in [6, 6.07) is 22.2. The maximum Gasteiger partial charge on any atom is 0.251 e. The van der Waals surface area contributed by atoms with Crippen LogP contribution in [0.25, 0.3) is 0 Å². The zero-order chi connectivity index (χ0) is 19.9. The van der Waals surface area contributed by atoms with E-state index in [0.717, 1.165) is 14.2 Å². The summed E-state index contributed by atoms with van der Waals surface area (Å²) in [7, 11) is 1.79. The number of carbonyl (C=O) groups excluding carboxylic acids is 2. The van der Waals surface area contributed by atoms with Crippen LogP contribution in [0.5, 0.6) is 0 Å². The highest BCUT2D eigenvalue weighted by Gasteiger charge is 2.21. The average molecular weight is 457 g/mol. The maximum atomic E-state index is 12.8. The van der Waals surface area contributed by atoms with E-state index in [9.17, 15) is 9.59 Å². The van der Waals surface area contributed by atoms with E-state index in [4.69, 9.17) is 0 Å². The molecule has 0 saturated heterocycles. The van der Waals surface area contributed by atoms with Gasteiger partial charge in [0.1, 0.15) is 0 Å². The van der Waals surface area contributed by atoms with E-state index in [-0.39, 0.29) is 24.3 Å². The number of thiophene rings is 1. The van der Waals surface area contributed by atoms with Crippen molar-refractivity contribution in [2.24, 2.45) is 0 Å². The molecule has 1 aromatic heterocycles. The Hall–Kier alpha value is -2.44. The van der Waals surface area contributed by atoms with Crippen molar-refractivity contribution in [3.8, 4) is 0 Å². The van der Waals surface area contributed by atoms with Crippen molar-refractivity contribution in [3.63, 3.8) is 0 Å². The summed E-state index contributed by atoms with van der Waals surface area (Å²) in [4.78, 5) is 28.3. The van der Waals surface area contributed by atoms with Crippen LogP contribution < -0.4 is 5.32 Å². The van der Waals surface area contributed by atoms with Crippen LogP contribution in [-0.4, -0.2) is 23.8 Å². The lowest BCUT2D eigenvalue weighted by molar-refractivity contribution is -0.130. The third-order valence-corrected chi connectivity index (χ3v) is 5.98. The zero-order valence-corrected chi connectivity index (χ0v) is 17.9. The van der Waals surface area contributed by atoms with Gasteiger partial charge in [-0.1, -0.05) is 48.5 Å². The predicted octanol–water partition coefficient (Wildman–Crippen LogP) is 5.03. The normalized spacial score (nSPS) is 11.6. The molecule has 1 heterocycles. The topological polar surface area (TPSA) is 49.4 Å². The average Bonchev–Trinajstić information content (AvgIpc) is 3.13. The fourth-order valence-corrected chi connectivity index (χ4v) is 4.39. The minimum absolute atomic E-state index is 0.0215. The standard InChI is InChI=1S/C22H21BrN2O2S/c1-25(15-18-12-13-20(23)28-18)21(26)14-19(16-8-4-2-5-9-16)24-22(27)17-10-6-3-7-11-17/h2-13,19H,14-15H2,1H3,(H,24,27). The maximum absolute atomic E-state index is 12.8. The number of benzene rings is 2. The molecule has 0 fully saturated rings. The molecule has 28 heavy (non-hydrogen) atoms. The molecule has 1 atom stereocenters. The van der Waals surface area contributed by atoms with E-state index in [1.165, 1.54) is 0 Å². The molecular formula is C22H21BrN2O2S. The Bertz CT molecular complexity index is 928. The van der Waals surface area contributed by atoms with E-state index in [1.807, 2.05) is 60.7 Å². The van der Waals surface area contributed by atoms with Gasteiger partial charge in [-0.15, -0.1) is 11.3 Å². The molecule has 3 aromatic rings. The van der Waals surface area contributed by atoms with Gasteiger partial charge in [-0.05, 0) is 45.8 Å². The van der Waals surface area contributed by atoms with Crippen molar-refractivity contribution in [3.05, 3.63) is 92.6 Å². The van der Waals surface area contributed by atoms with Gasteiger partial charge in [0.2, 0.25) is 5.91 Å². The van der Waals surface area contributed by atoms with Gasteiger partial charge in [0.25, 0.3) is 5.91 Å². The minimum atomic E-state index is -0.390. The van der Waals surface area contributed by atoms with E-state index in [1.54, 1.807) is 35.4 Å². The molecule has 4 nitrogen and oxygen atoms in total. The molecule has 6 heteroatoms. The largest absolute Gasteiger partial charge is 0.345 e. The van der Waals surface area contributed by atoms with Crippen molar-refractivity contribution in [1.82, 2.24) is 10.2 Å². The second-order valence-electron chi connectivity index (χ2n) is 6.46. The first kappa shape index (κ1) is 20.3. The Balaban J connectivity index is 1.71. The minimum Gasteiger partial charge on any atom is -0.345 e. The van der Waals surface area contributed by atoms with Crippen molar-refractivity contribution in [2.45, 2.75) is 19.0 Å². The van der Waals surface area contributed by atoms with Gasteiger partial charge in [0.05, 0.1) is 22.8 Å². The highest BCUT2D eigenvalue weighted by Crippen LogP contribution is 2.24. The molecule has 1 unspecified atom stereocenters. The Kier molecular flexibility index (Phi) is 7.01. The molecule has 2 aromatic carbocycles. The fourth-order valence-electron chi connectivity index (χ4n) is 2.86. The number of halogens is 1. The van der Waals surface area contributed by atoms with Gasteiger partial charge in [-0.3, -0.25) is 9.59 Å². The zero-order valence-electron chi connectivity index (χ0n) is 15.5. The Labute approximate surface area is 177 Å². The summed E-state index contributed by atoms with van der Waals surface area (Å²) in [6.07, 6.45) is 0.200. The summed E-state index contributed by atoms with van der Waals surface area (Å²) in [5.41, 5.74) is 1.49. The molecular weight excluding hydrogens is 436 g/mol. The van der Waals surface area contributed by atoms with Crippen LogP contribution in [-0.2, 0) is 11.3 Å². The van der Waals surface area contributed by atoms with Crippen LogP contribution in [0, 0.1) is 0 Å². The van der Waals surface area contributed by atoms with E-state index in [0.29, 0.717) is 12.1 Å². The Morgan fingerprint density at radius 2 is 1.64 bits per heavy atom. The van der Waals surface area contributed by atoms with Crippen LogP contribution in [0.3, 0.4) is 0 Å². The Morgan fingerprint density at radius 3 is 2.25 bits per heavy atom. The third-order valence-electron chi connectivity index (χ3n) is 4.37.